The summed E-state index contributed by atoms with van der Waals surface area (Å²) in [5.41, 5.74) is 0. The van der Waals surface area contributed by atoms with Gasteiger partial charge in [0, 0.05) is 22.4 Å². The molecule has 0 unspecified atom stereocenters. The Hall–Kier alpha value is -0.620. The Kier molecular flexibility index (Phi) is 5.21. The van der Waals surface area contributed by atoms with Crippen LogP contribution in [0.2, 0.25) is 5.02 Å². The third-order valence-electron chi connectivity index (χ3n) is 2.41. The SMILES string of the molecule is CNCc1ccc(COc2cc(F)c(Cl)cc2Br)s1. The van der Waals surface area contributed by atoms with E-state index in [9.17, 15) is 4.39 Å². The van der Waals surface area contributed by atoms with Gasteiger partial charge in [0.1, 0.15) is 18.2 Å². The zero-order chi connectivity index (χ0) is 13.8. The first kappa shape index (κ1) is 14.8. The van der Waals surface area contributed by atoms with Crippen LogP contribution in [-0.2, 0) is 13.2 Å². The molecule has 19 heavy (non-hydrogen) atoms. The van der Waals surface area contributed by atoms with E-state index in [-0.39, 0.29) is 5.02 Å². The molecule has 1 N–H and O–H groups in total. The normalized spacial score (nSPS) is 10.7. The van der Waals surface area contributed by atoms with E-state index in [1.807, 2.05) is 13.1 Å². The van der Waals surface area contributed by atoms with Gasteiger partial charge in [-0.25, -0.2) is 4.39 Å². The van der Waals surface area contributed by atoms with Crippen molar-refractivity contribution >= 4 is 38.9 Å². The molecule has 102 valence electrons. The minimum Gasteiger partial charge on any atom is -0.487 e. The van der Waals surface area contributed by atoms with Gasteiger partial charge >= 0.3 is 0 Å². The predicted octanol–water partition coefficient (Wildman–Crippen LogP) is 4.60. The molecule has 2 aromatic rings. The van der Waals surface area contributed by atoms with E-state index in [1.165, 1.54) is 17.0 Å². The molecule has 0 saturated heterocycles. The van der Waals surface area contributed by atoms with Gasteiger partial charge in [-0.1, -0.05) is 11.6 Å². The van der Waals surface area contributed by atoms with Crippen molar-refractivity contribution < 1.29 is 9.13 Å². The van der Waals surface area contributed by atoms with Crippen molar-refractivity contribution in [2.45, 2.75) is 13.2 Å². The van der Waals surface area contributed by atoms with Crippen molar-refractivity contribution in [3.8, 4) is 5.75 Å². The molecular weight excluding hydrogens is 353 g/mol. The summed E-state index contributed by atoms with van der Waals surface area (Å²) in [4.78, 5) is 2.33. The highest BCUT2D eigenvalue weighted by Gasteiger charge is 2.08. The molecule has 1 aromatic heterocycles. The van der Waals surface area contributed by atoms with E-state index < -0.39 is 5.82 Å². The Bertz CT molecular complexity index is 576. The predicted molar refractivity (Wildman–Crippen MR) is 80.5 cm³/mol. The fourth-order valence-electron chi connectivity index (χ4n) is 1.53. The van der Waals surface area contributed by atoms with Crippen LogP contribution in [0.4, 0.5) is 4.39 Å². The maximum absolute atomic E-state index is 13.4. The molecule has 0 saturated carbocycles. The fourth-order valence-corrected chi connectivity index (χ4v) is 3.23. The van der Waals surface area contributed by atoms with E-state index in [0.717, 1.165) is 11.4 Å². The highest BCUT2D eigenvalue weighted by Crippen LogP contribution is 2.31. The molecule has 0 radical (unpaired) electrons. The maximum atomic E-state index is 13.4. The van der Waals surface area contributed by atoms with Crippen LogP contribution in [0.3, 0.4) is 0 Å². The summed E-state index contributed by atoms with van der Waals surface area (Å²) >= 11 is 10.6. The molecule has 1 heterocycles. The molecule has 0 fully saturated rings. The number of rotatable bonds is 5. The van der Waals surface area contributed by atoms with Gasteiger partial charge in [0.25, 0.3) is 0 Å². The van der Waals surface area contributed by atoms with Crippen LogP contribution in [0.5, 0.6) is 5.75 Å². The number of nitrogens with one attached hydrogen (secondary N) is 1. The molecule has 0 aliphatic carbocycles. The van der Waals surface area contributed by atoms with Crippen LogP contribution in [0, 0.1) is 5.82 Å². The summed E-state index contributed by atoms with van der Waals surface area (Å²) < 4.78 is 19.6. The topological polar surface area (TPSA) is 21.3 Å². The van der Waals surface area contributed by atoms with Crippen LogP contribution in [0.25, 0.3) is 0 Å². The van der Waals surface area contributed by atoms with Crippen molar-refractivity contribution in [1.29, 1.82) is 0 Å². The minimum absolute atomic E-state index is 0.0756. The third kappa shape index (κ3) is 3.92. The van der Waals surface area contributed by atoms with E-state index >= 15 is 0 Å². The van der Waals surface area contributed by atoms with E-state index in [0.29, 0.717) is 16.8 Å². The van der Waals surface area contributed by atoms with Gasteiger partial charge in [0.15, 0.2) is 0 Å². The molecule has 0 amide bonds. The van der Waals surface area contributed by atoms with Crippen molar-refractivity contribution in [2.75, 3.05) is 7.05 Å². The summed E-state index contributed by atoms with van der Waals surface area (Å²) in [5, 5.41) is 3.17. The van der Waals surface area contributed by atoms with Crippen LogP contribution < -0.4 is 10.1 Å². The highest BCUT2D eigenvalue weighted by atomic mass is 79.9. The van der Waals surface area contributed by atoms with E-state index in [1.54, 1.807) is 11.3 Å². The van der Waals surface area contributed by atoms with Crippen LogP contribution in [-0.4, -0.2) is 7.05 Å². The van der Waals surface area contributed by atoms with Gasteiger partial charge in [0.2, 0.25) is 0 Å². The van der Waals surface area contributed by atoms with Gasteiger partial charge in [0.05, 0.1) is 9.50 Å². The van der Waals surface area contributed by atoms with E-state index in [4.69, 9.17) is 16.3 Å². The van der Waals surface area contributed by atoms with Gasteiger partial charge in [-0.15, -0.1) is 11.3 Å². The maximum Gasteiger partial charge on any atom is 0.145 e. The minimum atomic E-state index is -0.484. The van der Waals surface area contributed by atoms with Gasteiger partial charge in [-0.05, 0) is 41.2 Å². The summed E-state index contributed by atoms with van der Waals surface area (Å²) in [7, 11) is 1.91. The molecule has 0 spiro atoms. The molecule has 2 rings (SSSR count). The second kappa shape index (κ2) is 6.70. The number of ether oxygens (including phenoxy) is 1. The first-order valence-electron chi connectivity index (χ1n) is 5.59. The van der Waals surface area contributed by atoms with Gasteiger partial charge in [-0.3, -0.25) is 0 Å². The zero-order valence-corrected chi connectivity index (χ0v) is 13.3. The Labute approximate surface area is 128 Å². The van der Waals surface area contributed by atoms with Crippen molar-refractivity contribution in [3.63, 3.8) is 0 Å². The highest BCUT2D eigenvalue weighted by molar-refractivity contribution is 9.10. The van der Waals surface area contributed by atoms with Crippen molar-refractivity contribution in [1.82, 2.24) is 5.32 Å². The van der Waals surface area contributed by atoms with Crippen LogP contribution in [0.1, 0.15) is 9.75 Å². The second-order valence-corrected chi connectivity index (χ2v) is 6.40. The Morgan fingerprint density at radius 3 is 2.84 bits per heavy atom. The summed E-state index contributed by atoms with van der Waals surface area (Å²) in [6.07, 6.45) is 0. The van der Waals surface area contributed by atoms with E-state index in [2.05, 4.69) is 27.3 Å². The molecule has 0 bridgehead atoms. The molecule has 0 aliphatic heterocycles. The number of hydrogen-bond donors (Lipinski definition) is 1. The summed E-state index contributed by atoms with van der Waals surface area (Å²) in [6.45, 7) is 1.25. The number of thiophene rings is 1. The average molecular weight is 365 g/mol. The number of halogens is 3. The molecule has 0 atom stereocenters. The molecular formula is C13H12BrClFNOS. The molecule has 6 heteroatoms. The first-order valence-corrected chi connectivity index (χ1v) is 7.58. The molecule has 1 aromatic carbocycles. The van der Waals surface area contributed by atoms with Crippen molar-refractivity contribution in [2.24, 2.45) is 0 Å². The number of benzene rings is 1. The standard InChI is InChI=1S/C13H12BrClFNOS/c1-17-6-8-2-3-9(19-8)7-18-13-5-12(16)11(15)4-10(13)14/h2-5,17H,6-7H2,1H3. The first-order chi connectivity index (χ1) is 9.10. The number of hydrogen-bond acceptors (Lipinski definition) is 3. The quantitative estimate of drug-likeness (QED) is 0.783. The lowest BCUT2D eigenvalue weighted by atomic mass is 10.3. The van der Waals surface area contributed by atoms with Gasteiger partial charge in [-0.2, -0.15) is 0 Å². The second-order valence-electron chi connectivity index (χ2n) is 3.88. The summed E-state index contributed by atoms with van der Waals surface area (Å²) in [6, 6.07) is 6.84. The fraction of sp³-hybridized carbons (Fsp3) is 0.231. The lowest BCUT2D eigenvalue weighted by Gasteiger charge is -2.08. The molecule has 2 nitrogen and oxygen atoms in total. The monoisotopic (exact) mass is 363 g/mol. The lowest BCUT2D eigenvalue weighted by Crippen LogP contribution is -2.02. The van der Waals surface area contributed by atoms with Crippen LogP contribution in [0.15, 0.2) is 28.7 Å². The van der Waals surface area contributed by atoms with Gasteiger partial charge < -0.3 is 10.1 Å². The summed E-state index contributed by atoms with van der Waals surface area (Å²) in [5.74, 6) is -0.0348. The molecule has 0 aliphatic rings. The lowest BCUT2D eigenvalue weighted by molar-refractivity contribution is 0.306. The smallest absolute Gasteiger partial charge is 0.145 e. The largest absolute Gasteiger partial charge is 0.487 e. The Balaban J connectivity index is 2.03. The van der Waals surface area contributed by atoms with Crippen molar-refractivity contribution in [3.05, 3.63) is 49.3 Å². The average Bonchev–Trinajstić information content (AvgIpc) is 2.80. The Morgan fingerprint density at radius 1 is 1.37 bits per heavy atom. The van der Waals surface area contributed by atoms with Crippen LogP contribution >= 0.6 is 38.9 Å². The third-order valence-corrected chi connectivity index (χ3v) is 4.38. The zero-order valence-electron chi connectivity index (χ0n) is 10.2. The Morgan fingerprint density at radius 2 is 2.11 bits per heavy atom.